The molecule has 0 saturated carbocycles. The number of ketones is 3. The van der Waals surface area contributed by atoms with Crippen molar-refractivity contribution in [2.45, 2.75) is 46.0 Å². The lowest BCUT2D eigenvalue weighted by Gasteiger charge is -2.24. The van der Waals surface area contributed by atoms with Crippen molar-refractivity contribution in [2.75, 3.05) is 19.4 Å². The second kappa shape index (κ2) is 10.4. The van der Waals surface area contributed by atoms with Gasteiger partial charge in [0.2, 0.25) is 0 Å². The summed E-state index contributed by atoms with van der Waals surface area (Å²) in [4.78, 5) is 49.4. The first-order chi connectivity index (χ1) is 16.4. The van der Waals surface area contributed by atoms with Gasteiger partial charge in [0.05, 0.1) is 19.4 Å². The Balaban J connectivity index is 1.63. The van der Waals surface area contributed by atoms with E-state index in [4.69, 9.17) is 19.1 Å². The zero-order chi connectivity index (χ0) is 24.3. The maximum atomic E-state index is 13.5. The van der Waals surface area contributed by atoms with Gasteiger partial charge in [-0.25, -0.2) is 9.78 Å². The van der Waals surface area contributed by atoms with Crippen molar-refractivity contribution in [1.82, 2.24) is 0 Å². The van der Waals surface area contributed by atoms with Gasteiger partial charge in [0.15, 0.2) is 17.3 Å². The van der Waals surface area contributed by atoms with Crippen LogP contribution in [0.3, 0.4) is 0 Å². The van der Waals surface area contributed by atoms with Crippen molar-refractivity contribution < 1.29 is 38.1 Å². The van der Waals surface area contributed by atoms with Crippen molar-refractivity contribution in [1.29, 1.82) is 0 Å². The van der Waals surface area contributed by atoms with Crippen LogP contribution in [0.15, 0.2) is 30.3 Å². The highest BCUT2D eigenvalue weighted by atomic mass is 31.2. The van der Waals surface area contributed by atoms with Crippen LogP contribution >= 0.6 is 7.60 Å². The van der Waals surface area contributed by atoms with Crippen LogP contribution in [0.1, 0.15) is 86.4 Å². The Morgan fingerprint density at radius 3 is 2.06 bits per heavy atom. The molecule has 0 fully saturated rings. The second-order valence-electron chi connectivity index (χ2n) is 8.23. The molecule has 0 heterocycles. The summed E-state index contributed by atoms with van der Waals surface area (Å²) in [5, 5.41) is 0. The van der Waals surface area contributed by atoms with E-state index in [1.165, 1.54) is 6.07 Å². The van der Waals surface area contributed by atoms with E-state index in [1.54, 1.807) is 26.0 Å². The van der Waals surface area contributed by atoms with Crippen LogP contribution in [0.25, 0.3) is 0 Å². The predicted molar refractivity (Wildman–Crippen MR) is 123 cm³/mol. The Labute approximate surface area is 197 Å². The summed E-state index contributed by atoms with van der Waals surface area (Å²) in [6, 6.07) is 8.30. The Bertz CT molecular complexity index is 1170. The summed E-state index contributed by atoms with van der Waals surface area (Å²) < 4.78 is 22.5. The third kappa shape index (κ3) is 4.83. The highest BCUT2D eigenvalue weighted by molar-refractivity contribution is 7.53. The van der Waals surface area contributed by atoms with Gasteiger partial charge in [-0.1, -0.05) is 18.2 Å². The average Bonchev–Trinajstić information content (AvgIpc) is 2.87. The molecule has 34 heavy (non-hydrogen) atoms. The predicted octanol–water partition coefficient (Wildman–Crippen LogP) is 5.04. The zero-order valence-corrected chi connectivity index (χ0v) is 20.2. The van der Waals surface area contributed by atoms with Gasteiger partial charge in [0.1, 0.15) is 0 Å². The summed E-state index contributed by atoms with van der Waals surface area (Å²) in [6.45, 7) is 3.53. The van der Waals surface area contributed by atoms with Crippen molar-refractivity contribution in [2.24, 2.45) is 0 Å². The number of Topliss-reactive ketones (excluding diaryl/α,β-unsaturated/α-hetero) is 1. The number of hydrogen-bond acceptors (Lipinski definition) is 8. The van der Waals surface area contributed by atoms with E-state index < -0.39 is 13.4 Å². The summed E-state index contributed by atoms with van der Waals surface area (Å²) in [6.07, 6.45) is 3.29. The molecule has 0 atom stereocenters. The minimum absolute atomic E-state index is 0.0899. The van der Waals surface area contributed by atoms with Crippen molar-refractivity contribution in [3.8, 4) is 0 Å². The number of carbonyl (C=O) groups excluding carboxylic acids is 3. The fourth-order valence-electron chi connectivity index (χ4n) is 4.39. The van der Waals surface area contributed by atoms with E-state index in [0.717, 1.165) is 36.8 Å². The van der Waals surface area contributed by atoms with E-state index in [1.807, 2.05) is 12.1 Å². The van der Waals surface area contributed by atoms with Gasteiger partial charge in [-0.05, 0) is 62.8 Å². The van der Waals surface area contributed by atoms with E-state index in [2.05, 4.69) is 0 Å². The van der Waals surface area contributed by atoms with Gasteiger partial charge in [-0.15, -0.1) is 9.35 Å². The van der Waals surface area contributed by atoms with Crippen LogP contribution in [-0.4, -0.2) is 36.7 Å². The van der Waals surface area contributed by atoms with E-state index in [-0.39, 0.29) is 54.1 Å². The largest absolute Gasteiger partial charge is 0.384 e. The lowest BCUT2D eigenvalue weighted by Crippen LogP contribution is -2.25. The quantitative estimate of drug-likeness (QED) is 0.170. The monoisotopic (exact) mass is 486 g/mol. The van der Waals surface area contributed by atoms with Crippen LogP contribution in [-0.2, 0) is 36.5 Å². The van der Waals surface area contributed by atoms with Crippen LogP contribution in [0.2, 0.25) is 0 Å². The number of carbonyl (C=O) groups is 3. The van der Waals surface area contributed by atoms with Gasteiger partial charge in [0.25, 0.3) is 0 Å². The van der Waals surface area contributed by atoms with Gasteiger partial charge >= 0.3 is 7.60 Å². The summed E-state index contributed by atoms with van der Waals surface area (Å²) in [5.74, 6) is -1.07. The standard InChI is InChI=1S/C25H27O8P/c1-3-30-32-34(29,33-31-4-2)13-12-22(26)18-10-7-11-19-23(18)25(28)21-15-17-9-6-5-8-16(17)14-20(21)24(19)27/h7,10-11,14-15H,3-6,8-9,12-13H2,1-2H3. The van der Waals surface area contributed by atoms with Gasteiger partial charge in [0, 0.05) is 34.2 Å². The lowest BCUT2D eigenvalue weighted by molar-refractivity contribution is -0.262. The van der Waals surface area contributed by atoms with E-state index in [9.17, 15) is 18.9 Å². The third-order valence-corrected chi connectivity index (χ3v) is 7.43. The molecule has 9 heteroatoms. The van der Waals surface area contributed by atoms with Gasteiger partial charge < -0.3 is 0 Å². The molecule has 0 N–H and O–H groups in total. The first-order valence-electron chi connectivity index (χ1n) is 11.5. The van der Waals surface area contributed by atoms with Crippen molar-refractivity contribution >= 4 is 24.9 Å². The number of fused-ring (bicyclic) bond motifs is 3. The molecule has 180 valence electrons. The molecule has 0 aliphatic heterocycles. The minimum atomic E-state index is -3.87. The molecule has 0 unspecified atom stereocenters. The van der Waals surface area contributed by atoms with Crippen LogP contribution in [0.5, 0.6) is 0 Å². The number of hydrogen-bond donors (Lipinski definition) is 0. The molecular weight excluding hydrogens is 459 g/mol. The molecule has 0 bridgehead atoms. The number of aryl methyl sites for hydroxylation is 2. The molecule has 0 saturated heterocycles. The molecule has 0 aromatic heterocycles. The Morgan fingerprint density at radius 1 is 0.882 bits per heavy atom. The van der Waals surface area contributed by atoms with Gasteiger partial charge in [-0.3, -0.25) is 18.9 Å². The number of rotatable bonds is 10. The third-order valence-electron chi connectivity index (χ3n) is 5.99. The molecule has 0 spiro atoms. The highest BCUT2D eigenvalue weighted by Gasteiger charge is 2.35. The van der Waals surface area contributed by atoms with E-state index >= 15 is 0 Å². The Morgan fingerprint density at radius 2 is 1.47 bits per heavy atom. The molecule has 8 nitrogen and oxygen atoms in total. The first-order valence-corrected chi connectivity index (χ1v) is 13.2. The fourth-order valence-corrected chi connectivity index (χ4v) is 5.57. The van der Waals surface area contributed by atoms with Gasteiger partial charge in [-0.2, -0.15) is 0 Å². The second-order valence-corrected chi connectivity index (χ2v) is 10.2. The lowest BCUT2D eigenvalue weighted by atomic mass is 9.77. The molecule has 0 radical (unpaired) electrons. The normalized spacial score (nSPS) is 15.0. The van der Waals surface area contributed by atoms with Crippen molar-refractivity contribution in [3.63, 3.8) is 0 Å². The highest BCUT2D eigenvalue weighted by Crippen LogP contribution is 2.49. The maximum absolute atomic E-state index is 13.5. The van der Waals surface area contributed by atoms with Crippen LogP contribution < -0.4 is 0 Å². The van der Waals surface area contributed by atoms with Crippen LogP contribution in [0, 0.1) is 0 Å². The summed E-state index contributed by atoms with van der Waals surface area (Å²) >= 11 is 0. The average molecular weight is 486 g/mol. The van der Waals surface area contributed by atoms with Crippen molar-refractivity contribution in [3.05, 3.63) is 69.3 Å². The molecular formula is C25H27O8P. The molecule has 4 rings (SSSR count). The smallest absolute Gasteiger partial charge is 0.294 e. The Kier molecular flexibility index (Phi) is 7.55. The SMILES string of the molecule is CCOOP(=O)(CCC(=O)c1cccc2c1C(=O)c1cc3c(cc1C2=O)CCCC3)OOCC. The Hall–Kier alpha value is -2.48. The molecule has 2 aliphatic carbocycles. The fraction of sp³-hybridized carbons (Fsp3) is 0.400. The molecule has 2 aromatic carbocycles. The molecule has 0 amide bonds. The number of benzene rings is 2. The first kappa shape index (κ1) is 24.6. The van der Waals surface area contributed by atoms with Crippen LogP contribution in [0.4, 0.5) is 0 Å². The zero-order valence-electron chi connectivity index (χ0n) is 19.3. The topological polar surface area (TPSA) is 105 Å². The summed E-state index contributed by atoms with van der Waals surface area (Å²) in [7, 11) is -3.87. The summed E-state index contributed by atoms with van der Waals surface area (Å²) in [5.41, 5.74) is 3.33. The maximum Gasteiger partial charge on any atom is 0.384 e. The molecule has 2 aromatic rings. The molecule has 2 aliphatic rings. The minimum Gasteiger partial charge on any atom is -0.294 e. The van der Waals surface area contributed by atoms with E-state index in [0.29, 0.717) is 11.1 Å².